The quantitative estimate of drug-likeness (QED) is 0.0909. The van der Waals surface area contributed by atoms with Crippen molar-refractivity contribution in [3.8, 4) is 0 Å². The molecule has 0 aliphatic heterocycles. The number of aromatic nitrogens is 4. The largest absolute Gasteiger partial charge is 1.00 e. The van der Waals surface area contributed by atoms with Crippen LogP contribution in [0.15, 0.2) is 146 Å². The molecule has 2 aromatic heterocycles. The van der Waals surface area contributed by atoms with Crippen LogP contribution in [0.1, 0.15) is 101 Å². The molecule has 0 amide bonds. The third kappa shape index (κ3) is 11.5. The summed E-state index contributed by atoms with van der Waals surface area (Å²) >= 11 is 0. The molecule has 312 valence electrons. The fourth-order valence-electron chi connectivity index (χ4n) is 6.78. The van der Waals surface area contributed by atoms with Crippen molar-refractivity contribution in [1.82, 2.24) is 19.9 Å². The van der Waals surface area contributed by atoms with Gasteiger partial charge in [0, 0.05) is 17.1 Å². The maximum Gasteiger partial charge on any atom is 0.273 e. The van der Waals surface area contributed by atoms with Crippen molar-refractivity contribution >= 4 is 68.1 Å². The lowest BCUT2D eigenvalue weighted by atomic mass is 10.0. The molecular formula is C52H57ClN8. The summed E-state index contributed by atoms with van der Waals surface area (Å²) < 4.78 is 0. The maximum absolute atomic E-state index is 4.89. The Bertz CT molecular complexity index is 2270. The molecule has 0 bridgehead atoms. The first kappa shape index (κ1) is 44.2. The molecule has 9 heteroatoms. The molecule has 8 aromatic rings. The van der Waals surface area contributed by atoms with Crippen LogP contribution in [0.5, 0.6) is 0 Å². The number of hydrogen-bond donors (Lipinski definition) is 4. The summed E-state index contributed by atoms with van der Waals surface area (Å²) in [6.07, 6.45) is 0. The Morgan fingerprint density at radius 2 is 0.623 bits per heavy atom. The number of halogens is 1. The van der Waals surface area contributed by atoms with E-state index in [4.69, 9.17) is 19.9 Å². The minimum atomic E-state index is 0. The maximum atomic E-state index is 4.89. The highest BCUT2D eigenvalue weighted by Gasteiger charge is 2.16. The molecular weight excluding hydrogens is 772 g/mol. The Kier molecular flexibility index (Phi) is 14.7. The number of nitrogens with zero attached hydrogens (tertiary/aromatic N) is 4. The lowest BCUT2D eigenvalue weighted by Crippen LogP contribution is -3.00. The molecule has 5 N–H and O–H groups in total. The number of hydrogen-bond acceptors (Lipinski definition) is 7. The molecule has 0 saturated carbocycles. The summed E-state index contributed by atoms with van der Waals surface area (Å²) in [4.78, 5) is 19.4. The summed E-state index contributed by atoms with van der Waals surface area (Å²) in [7, 11) is 0. The number of para-hydroxylation sites is 4. The van der Waals surface area contributed by atoms with Gasteiger partial charge in [0.25, 0.3) is 5.82 Å². The number of benzene rings is 6. The standard InChI is InChI=1S/2C26H28N4.ClH/c2*1-17(2)19-9-13-21(14-10-19)27-25-26(30-24-8-6-5-7-23(24)29-25)28-22-15-11-20(12-16-22)18(3)4;/h2*5-18H,1-4H3,(H,27,29)(H,28,30);1H. The summed E-state index contributed by atoms with van der Waals surface area (Å²) in [6, 6.07) is 50.1. The van der Waals surface area contributed by atoms with Gasteiger partial charge in [-0.25, -0.2) is 15.0 Å². The van der Waals surface area contributed by atoms with E-state index in [1.807, 2.05) is 48.5 Å². The van der Waals surface area contributed by atoms with Crippen LogP contribution < -0.4 is 33.7 Å². The van der Waals surface area contributed by atoms with Crippen LogP contribution in [-0.2, 0) is 0 Å². The van der Waals surface area contributed by atoms with Gasteiger partial charge in [-0.2, -0.15) is 4.98 Å². The van der Waals surface area contributed by atoms with Crippen molar-refractivity contribution in [2.45, 2.75) is 79.1 Å². The Morgan fingerprint density at radius 1 is 0.344 bits per heavy atom. The molecule has 61 heavy (non-hydrogen) atoms. The van der Waals surface area contributed by atoms with Crippen LogP contribution in [0.3, 0.4) is 0 Å². The van der Waals surface area contributed by atoms with Crippen LogP contribution in [0.25, 0.3) is 22.1 Å². The van der Waals surface area contributed by atoms with E-state index < -0.39 is 0 Å². The van der Waals surface area contributed by atoms with Gasteiger partial charge in [0.05, 0.1) is 22.1 Å². The third-order valence-corrected chi connectivity index (χ3v) is 10.6. The van der Waals surface area contributed by atoms with E-state index in [0.717, 1.165) is 56.5 Å². The zero-order valence-electron chi connectivity index (χ0n) is 36.4. The Morgan fingerprint density at radius 3 is 0.951 bits per heavy atom. The van der Waals surface area contributed by atoms with Crippen molar-refractivity contribution in [1.29, 1.82) is 0 Å². The summed E-state index contributed by atoms with van der Waals surface area (Å²) in [5, 5.41) is 12.5. The van der Waals surface area contributed by atoms with E-state index in [0.29, 0.717) is 35.3 Å². The second-order valence-corrected chi connectivity index (χ2v) is 16.5. The van der Waals surface area contributed by atoms with Crippen LogP contribution in [0.2, 0.25) is 0 Å². The lowest BCUT2D eigenvalue weighted by Gasteiger charge is -2.15. The molecule has 0 unspecified atom stereocenters. The number of fused-ring (bicyclic) bond motifs is 2. The highest BCUT2D eigenvalue weighted by atomic mass is 35.5. The van der Waals surface area contributed by atoms with Gasteiger partial charge in [-0.1, -0.05) is 128 Å². The zero-order valence-corrected chi connectivity index (χ0v) is 37.2. The molecule has 2 heterocycles. The number of anilines is 6. The molecule has 0 spiro atoms. The minimum absolute atomic E-state index is 0. The van der Waals surface area contributed by atoms with Gasteiger partial charge < -0.3 is 28.4 Å². The van der Waals surface area contributed by atoms with Gasteiger partial charge in [-0.15, -0.1) is 0 Å². The predicted octanol–water partition coefficient (Wildman–Crippen LogP) is 10.5. The fraction of sp³-hybridized carbons (Fsp3) is 0.231. The van der Waals surface area contributed by atoms with Gasteiger partial charge >= 0.3 is 0 Å². The second-order valence-electron chi connectivity index (χ2n) is 16.5. The van der Waals surface area contributed by atoms with Crippen molar-refractivity contribution in [2.75, 3.05) is 16.0 Å². The van der Waals surface area contributed by atoms with Gasteiger partial charge in [0.1, 0.15) is 5.69 Å². The highest BCUT2D eigenvalue weighted by Crippen LogP contribution is 2.30. The van der Waals surface area contributed by atoms with E-state index in [-0.39, 0.29) is 12.4 Å². The Hall–Kier alpha value is -6.35. The molecule has 0 aliphatic rings. The first-order valence-electron chi connectivity index (χ1n) is 21.1. The summed E-state index contributed by atoms with van der Waals surface area (Å²) in [6.45, 7) is 17.6. The second kappa shape index (κ2) is 20.3. The van der Waals surface area contributed by atoms with Crippen LogP contribution in [0.4, 0.5) is 46.0 Å². The summed E-state index contributed by atoms with van der Waals surface area (Å²) in [5.74, 6) is 5.05. The molecule has 0 saturated heterocycles. The van der Waals surface area contributed by atoms with Crippen LogP contribution in [-0.4, -0.2) is 19.9 Å². The van der Waals surface area contributed by atoms with Crippen LogP contribution >= 0.6 is 0 Å². The molecule has 0 atom stereocenters. The first-order valence-corrected chi connectivity index (χ1v) is 21.1. The Balaban J connectivity index is 0.000000201. The molecule has 8 nitrogen and oxygen atoms in total. The average Bonchev–Trinajstić information content (AvgIpc) is 3.25. The number of quaternary nitrogens is 1. The van der Waals surface area contributed by atoms with Gasteiger partial charge in [-0.3, -0.25) is 5.32 Å². The van der Waals surface area contributed by atoms with Crippen molar-refractivity contribution in [3.63, 3.8) is 0 Å². The SMILES string of the molecule is CC(C)c1ccc(Nc2nc3ccccc3nc2Nc2ccc(C(C)C)cc2)cc1.CC(C)c1ccc(Nc2nc3ccccc3nc2[NH2+]c2ccc(C(C)C)cc2)cc1.[Cl-]. The number of nitrogens with two attached hydrogens (primary N) is 1. The smallest absolute Gasteiger partial charge is 0.273 e. The van der Waals surface area contributed by atoms with Crippen molar-refractivity contribution in [2.24, 2.45) is 0 Å². The number of rotatable bonds is 12. The van der Waals surface area contributed by atoms with E-state index in [1.165, 1.54) is 22.3 Å². The molecule has 0 fully saturated rings. The predicted molar refractivity (Wildman–Crippen MR) is 252 cm³/mol. The van der Waals surface area contributed by atoms with Crippen molar-refractivity contribution < 1.29 is 17.7 Å². The molecule has 6 aromatic carbocycles. The number of nitrogens with one attached hydrogen (secondary N) is 3. The summed E-state index contributed by atoms with van der Waals surface area (Å²) in [5.41, 5.74) is 12.9. The molecule has 0 aliphatic carbocycles. The highest BCUT2D eigenvalue weighted by molar-refractivity contribution is 5.83. The lowest BCUT2D eigenvalue weighted by molar-refractivity contribution is -0.482. The fourth-order valence-corrected chi connectivity index (χ4v) is 6.78. The van der Waals surface area contributed by atoms with E-state index >= 15 is 0 Å². The topological polar surface area (TPSA) is 104 Å². The van der Waals surface area contributed by atoms with Crippen LogP contribution in [0, 0.1) is 0 Å². The van der Waals surface area contributed by atoms with Gasteiger partial charge in [-0.05, 0) is 119 Å². The monoisotopic (exact) mass is 828 g/mol. The van der Waals surface area contributed by atoms with Gasteiger partial charge in [0.15, 0.2) is 11.6 Å². The van der Waals surface area contributed by atoms with E-state index in [9.17, 15) is 0 Å². The van der Waals surface area contributed by atoms with Crippen molar-refractivity contribution in [3.05, 3.63) is 168 Å². The Labute approximate surface area is 367 Å². The zero-order chi connectivity index (χ0) is 42.2. The average molecular weight is 830 g/mol. The third-order valence-electron chi connectivity index (χ3n) is 10.6. The first-order chi connectivity index (χ1) is 29.0. The normalized spacial score (nSPS) is 11.1. The molecule has 0 radical (unpaired) electrons. The van der Waals surface area contributed by atoms with Gasteiger partial charge in [0.2, 0.25) is 5.82 Å². The molecule has 8 rings (SSSR count). The minimum Gasteiger partial charge on any atom is -1.00 e. The van der Waals surface area contributed by atoms with E-state index in [2.05, 4.69) is 174 Å². The van der Waals surface area contributed by atoms with E-state index in [1.54, 1.807) is 0 Å².